The van der Waals surface area contributed by atoms with Crippen molar-refractivity contribution in [2.24, 2.45) is 13.0 Å². The summed E-state index contributed by atoms with van der Waals surface area (Å²) in [6.07, 6.45) is 5.05. The van der Waals surface area contributed by atoms with E-state index in [2.05, 4.69) is 17.2 Å². The lowest BCUT2D eigenvalue weighted by molar-refractivity contribution is 0.868. The van der Waals surface area contributed by atoms with E-state index in [0.29, 0.717) is 6.04 Å². The van der Waals surface area contributed by atoms with Gasteiger partial charge in [0.25, 0.3) is 0 Å². The van der Waals surface area contributed by atoms with Gasteiger partial charge in [-0.3, -0.25) is 0 Å². The Balaban J connectivity index is 2.01. The Morgan fingerprint density at radius 3 is 2.91 bits per heavy atom. The molecule has 60 valence electrons. The number of aryl methyl sites for hydroxylation is 1. The first-order valence-corrected chi connectivity index (χ1v) is 4.01. The van der Waals surface area contributed by atoms with E-state index >= 15 is 0 Å². The van der Waals surface area contributed by atoms with Crippen LogP contribution in [-0.4, -0.2) is 15.6 Å². The summed E-state index contributed by atoms with van der Waals surface area (Å²) in [5, 5.41) is 3.37. The van der Waals surface area contributed by atoms with Crippen molar-refractivity contribution >= 4 is 5.95 Å². The Kier molecular flexibility index (Phi) is 1.37. The van der Waals surface area contributed by atoms with Gasteiger partial charge in [-0.1, -0.05) is 6.92 Å². The number of imidazole rings is 1. The molecule has 0 spiro atoms. The van der Waals surface area contributed by atoms with Crippen LogP contribution in [-0.2, 0) is 7.05 Å². The fourth-order valence-electron chi connectivity index (χ4n) is 1.19. The molecule has 1 saturated carbocycles. The van der Waals surface area contributed by atoms with Crippen LogP contribution in [0.4, 0.5) is 5.95 Å². The van der Waals surface area contributed by atoms with E-state index in [0.717, 1.165) is 11.9 Å². The molecule has 2 atom stereocenters. The first kappa shape index (κ1) is 6.70. The van der Waals surface area contributed by atoms with Gasteiger partial charge in [0.2, 0.25) is 5.95 Å². The molecule has 2 unspecified atom stereocenters. The van der Waals surface area contributed by atoms with Crippen LogP contribution in [0.3, 0.4) is 0 Å². The van der Waals surface area contributed by atoms with Gasteiger partial charge in [-0.15, -0.1) is 0 Å². The fraction of sp³-hybridized carbons (Fsp3) is 0.625. The van der Waals surface area contributed by atoms with Crippen LogP contribution in [0.5, 0.6) is 0 Å². The van der Waals surface area contributed by atoms with E-state index in [-0.39, 0.29) is 0 Å². The smallest absolute Gasteiger partial charge is 0.202 e. The second-order valence-corrected chi connectivity index (χ2v) is 3.33. The number of anilines is 1. The van der Waals surface area contributed by atoms with Crippen molar-refractivity contribution < 1.29 is 0 Å². The normalized spacial score (nSPS) is 28.5. The molecule has 0 saturated heterocycles. The molecular formula is C8H13N3. The zero-order valence-electron chi connectivity index (χ0n) is 6.91. The molecule has 1 aromatic heterocycles. The number of nitrogens with zero attached hydrogens (tertiary/aromatic N) is 2. The van der Waals surface area contributed by atoms with Crippen LogP contribution in [0, 0.1) is 5.92 Å². The van der Waals surface area contributed by atoms with Gasteiger partial charge in [0.1, 0.15) is 0 Å². The number of aromatic nitrogens is 2. The lowest BCUT2D eigenvalue weighted by Gasteiger charge is -2.02. The van der Waals surface area contributed by atoms with Crippen LogP contribution >= 0.6 is 0 Å². The van der Waals surface area contributed by atoms with Crippen molar-refractivity contribution in [3.05, 3.63) is 12.4 Å². The average molecular weight is 151 g/mol. The van der Waals surface area contributed by atoms with E-state index in [1.807, 2.05) is 24.0 Å². The third-order valence-electron chi connectivity index (χ3n) is 2.25. The highest BCUT2D eigenvalue weighted by Crippen LogP contribution is 2.31. The summed E-state index contributed by atoms with van der Waals surface area (Å²) in [5.74, 6) is 1.81. The second-order valence-electron chi connectivity index (χ2n) is 3.33. The summed E-state index contributed by atoms with van der Waals surface area (Å²) in [5.41, 5.74) is 0. The van der Waals surface area contributed by atoms with Crippen LogP contribution < -0.4 is 5.32 Å². The predicted molar refractivity (Wildman–Crippen MR) is 44.4 cm³/mol. The quantitative estimate of drug-likeness (QED) is 0.689. The van der Waals surface area contributed by atoms with Gasteiger partial charge >= 0.3 is 0 Å². The largest absolute Gasteiger partial charge is 0.353 e. The third-order valence-corrected chi connectivity index (χ3v) is 2.25. The molecule has 1 aliphatic rings. The molecular weight excluding hydrogens is 138 g/mol. The zero-order chi connectivity index (χ0) is 7.84. The van der Waals surface area contributed by atoms with Crippen molar-refractivity contribution in [3.8, 4) is 0 Å². The first-order chi connectivity index (χ1) is 5.27. The van der Waals surface area contributed by atoms with Gasteiger partial charge in [-0.05, 0) is 12.3 Å². The molecule has 0 aromatic carbocycles. The van der Waals surface area contributed by atoms with Crippen molar-refractivity contribution in [1.82, 2.24) is 9.55 Å². The van der Waals surface area contributed by atoms with Crippen LogP contribution in [0.2, 0.25) is 0 Å². The molecule has 0 bridgehead atoms. The SMILES string of the molecule is CC1CC1Nc1nccn1C. The highest BCUT2D eigenvalue weighted by Gasteiger charge is 2.32. The van der Waals surface area contributed by atoms with Gasteiger partial charge < -0.3 is 9.88 Å². The van der Waals surface area contributed by atoms with E-state index in [9.17, 15) is 0 Å². The Labute approximate surface area is 66.4 Å². The summed E-state index contributed by atoms with van der Waals surface area (Å²) >= 11 is 0. The topological polar surface area (TPSA) is 29.9 Å². The van der Waals surface area contributed by atoms with Crippen molar-refractivity contribution in [2.75, 3.05) is 5.32 Å². The van der Waals surface area contributed by atoms with Gasteiger partial charge in [0.05, 0.1) is 0 Å². The van der Waals surface area contributed by atoms with Crippen molar-refractivity contribution in [1.29, 1.82) is 0 Å². The van der Waals surface area contributed by atoms with E-state index < -0.39 is 0 Å². The molecule has 0 radical (unpaired) electrons. The molecule has 3 heteroatoms. The Bertz CT molecular complexity index is 254. The Morgan fingerprint density at radius 2 is 2.45 bits per heavy atom. The lowest BCUT2D eigenvalue weighted by Crippen LogP contribution is -2.07. The maximum absolute atomic E-state index is 4.18. The van der Waals surface area contributed by atoms with E-state index in [1.165, 1.54) is 6.42 Å². The molecule has 0 amide bonds. The molecule has 1 aliphatic carbocycles. The van der Waals surface area contributed by atoms with Crippen molar-refractivity contribution in [3.63, 3.8) is 0 Å². The van der Waals surface area contributed by atoms with Gasteiger partial charge in [0, 0.05) is 25.5 Å². The Hall–Kier alpha value is -0.990. The van der Waals surface area contributed by atoms with E-state index in [1.54, 1.807) is 0 Å². The molecule has 1 aromatic rings. The summed E-state index contributed by atoms with van der Waals surface area (Å²) in [6, 6.07) is 0.663. The standard InChI is InChI=1S/C8H13N3/c1-6-5-7(6)10-8-9-3-4-11(8)2/h3-4,6-7H,5H2,1-2H3,(H,9,10). The maximum atomic E-state index is 4.18. The molecule has 3 nitrogen and oxygen atoms in total. The van der Waals surface area contributed by atoms with Gasteiger partial charge in [0.15, 0.2) is 0 Å². The monoisotopic (exact) mass is 151 g/mol. The summed E-state index contributed by atoms with van der Waals surface area (Å²) in [4.78, 5) is 4.18. The van der Waals surface area contributed by atoms with Gasteiger partial charge in [-0.25, -0.2) is 4.98 Å². The molecule has 0 aliphatic heterocycles. The highest BCUT2D eigenvalue weighted by molar-refractivity contribution is 5.30. The predicted octanol–water partition coefficient (Wildman–Crippen LogP) is 1.24. The van der Waals surface area contributed by atoms with E-state index in [4.69, 9.17) is 0 Å². The number of rotatable bonds is 2. The molecule has 2 rings (SSSR count). The van der Waals surface area contributed by atoms with Crippen LogP contribution in [0.15, 0.2) is 12.4 Å². The third kappa shape index (κ3) is 1.23. The minimum atomic E-state index is 0.663. The maximum Gasteiger partial charge on any atom is 0.202 e. The van der Waals surface area contributed by atoms with Crippen LogP contribution in [0.25, 0.3) is 0 Å². The average Bonchev–Trinajstić information content (AvgIpc) is 2.48. The Morgan fingerprint density at radius 1 is 1.73 bits per heavy atom. The number of hydrogen-bond acceptors (Lipinski definition) is 2. The van der Waals surface area contributed by atoms with Crippen LogP contribution in [0.1, 0.15) is 13.3 Å². The lowest BCUT2D eigenvalue weighted by atomic mass is 10.5. The zero-order valence-corrected chi connectivity index (χ0v) is 6.91. The molecule has 1 N–H and O–H groups in total. The fourth-order valence-corrected chi connectivity index (χ4v) is 1.19. The van der Waals surface area contributed by atoms with Gasteiger partial charge in [-0.2, -0.15) is 0 Å². The van der Waals surface area contributed by atoms with Crippen molar-refractivity contribution in [2.45, 2.75) is 19.4 Å². The summed E-state index contributed by atoms with van der Waals surface area (Å²) in [6.45, 7) is 2.25. The molecule has 1 fully saturated rings. The summed E-state index contributed by atoms with van der Waals surface area (Å²) < 4.78 is 2.00. The minimum absolute atomic E-state index is 0.663. The second kappa shape index (κ2) is 2.26. The first-order valence-electron chi connectivity index (χ1n) is 4.01. The molecule has 1 heterocycles. The number of hydrogen-bond donors (Lipinski definition) is 1. The molecule has 11 heavy (non-hydrogen) atoms. The number of nitrogens with one attached hydrogen (secondary N) is 1. The highest BCUT2D eigenvalue weighted by atomic mass is 15.2. The summed E-state index contributed by atoms with van der Waals surface area (Å²) in [7, 11) is 2.00. The minimum Gasteiger partial charge on any atom is -0.353 e.